The molecule has 6 aliphatic rings. The molecular formula is C29H43NO5. The summed E-state index contributed by atoms with van der Waals surface area (Å²) in [6.07, 6.45) is 10.7. The molecule has 3 aliphatic heterocycles. The molecule has 6 nitrogen and oxygen atoms in total. The first-order valence-corrected chi connectivity index (χ1v) is 14.2. The molecule has 6 fully saturated rings. The van der Waals surface area contributed by atoms with Gasteiger partial charge >= 0.3 is 0 Å². The molecule has 3 heterocycles. The minimum absolute atomic E-state index is 0.396. The van der Waals surface area contributed by atoms with Crippen LogP contribution in [0, 0.1) is 23.7 Å². The van der Waals surface area contributed by atoms with Crippen LogP contribution in [0.4, 0.5) is 0 Å². The van der Waals surface area contributed by atoms with Gasteiger partial charge in [-0.3, -0.25) is 4.90 Å². The highest BCUT2D eigenvalue weighted by atomic mass is 17.2. The van der Waals surface area contributed by atoms with Crippen molar-refractivity contribution in [1.82, 2.24) is 4.90 Å². The van der Waals surface area contributed by atoms with E-state index in [1.807, 2.05) is 0 Å². The Morgan fingerprint density at radius 3 is 2.54 bits per heavy atom. The fourth-order valence-corrected chi connectivity index (χ4v) is 7.59. The van der Waals surface area contributed by atoms with Crippen molar-refractivity contribution in [3.8, 4) is 5.75 Å². The van der Waals surface area contributed by atoms with E-state index in [0.29, 0.717) is 24.4 Å². The van der Waals surface area contributed by atoms with E-state index in [1.165, 1.54) is 37.7 Å². The van der Waals surface area contributed by atoms with Gasteiger partial charge in [0.1, 0.15) is 12.4 Å². The Morgan fingerprint density at radius 1 is 0.943 bits per heavy atom. The van der Waals surface area contributed by atoms with Gasteiger partial charge in [0.2, 0.25) is 5.79 Å². The van der Waals surface area contributed by atoms with Crippen LogP contribution in [0.15, 0.2) is 24.3 Å². The van der Waals surface area contributed by atoms with E-state index in [-0.39, 0.29) is 0 Å². The van der Waals surface area contributed by atoms with Crippen LogP contribution in [-0.4, -0.2) is 63.4 Å². The number of nitrogens with zero attached hydrogens (tertiary/aromatic N) is 1. The largest absolute Gasteiger partial charge is 0.492 e. The van der Waals surface area contributed by atoms with Crippen LogP contribution in [0.2, 0.25) is 0 Å². The van der Waals surface area contributed by atoms with Gasteiger partial charge in [-0.25, -0.2) is 9.78 Å². The van der Waals surface area contributed by atoms with Crippen LogP contribution in [0.5, 0.6) is 5.75 Å². The van der Waals surface area contributed by atoms with Gasteiger partial charge in [0, 0.05) is 32.5 Å². The molecule has 3 saturated heterocycles. The summed E-state index contributed by atoms with van der Waals surface area (Å²) in [5.74, 6) is 3.81. The Hall–Kier alpha value is -1.18. The maximum atomic E-state index is 6.67. The summed E-state index contributed by atoms with van der Waals surface area (Å²) in [5.41, 5.74) is 1.33. The Kier molecular flexibility index (Phi) is 7.64. The second-order valence-corrected chi connectivity index (χ2v) is 11.9. The first kappa shape index (κ1) is 24.2. The summed E-state index contributed by atoms with van der Waals surface area (Å²) in [5, 5.41) is 0. The average Bonchev–Trinajstić information content (AvgIpc) is 2.91. The summed E-state index contributed by atoms with van der Waals surface area (Å²) in [6, 6.07) is 8.68. The third-order valence-corrected chi connectivity index (χ3v) is 9.21. The van der Waals surface area contributed by atoms with E-state index in [9.17, 15) is 0 Å². The lowest BCUT2D eigenvalue weighted by Gasteiger charge is -2.42. The highest BCUT2D eigenvalue weighted by Gasteiger charge is 2.44. The summed E-state index contributed by atoms with van der Waals surface area (Å²) in [7, 11) is 0. The van der Waals surface area contributed by atoms with Gasteiger partial charge in [0.05, 0.1) is 26.4 Å². The molecule has 6 heteroatoms. The fourth-order valence-electron chi connectivity index (χ4n) is 7.59. The summed E-state index contributed by atoms with van der Waals surface area (Å²) < 4.78 is 18.3. The second-order valence-electron chi connectivity index (χ2n) is 11.9. The molecule has 0 aromatic heterocycles. The van der Waals surface area contributed by atoms with Crippen molar-refractivity contribution in [2.24, 2.45) is 23.7 Å². The number of rotatable bonds is 5. The third-order valence-electron chi connectivity index (χ3n) is 9.21. The van der Waals surface area contributed by atoms with Crippen LogP contribution in [0.25, 0.3) is 0 Å². The van der Waals surface area contributed by atoms with Crippen LogP contribution >= 0.6 is 0 Å². The van der Waals surface area contributed by atoms with Gasteiger partial charge in [-0.05, 0) is 92.2 Å². The van der Waals surface area contributed by atoms with E-state index in [1.54, 1.807) is 0 Å². The van der Waals surface area contributed by atoms with Crippen molar-refractivity contribution in [1.29, 1.82) is 0 Å². The molecule has 0 N–H and O–H groups in total. The van der Waals surface area contributed by atoms with Gasteiger partial charge in [0.25, 0.3) is 0 Å². The lowest BCUT2D eigenvalue weighted by Crippen LogP contribution is -2.42. The average molecular weight is 486 g/mol. The molecule has 3 aliphatic carbocycles. The van der Waals surface area contributed by atoms with Crippen molar-refractivity contribution >= 4 is 0 Å². The van der Waals surface area contributed by atoms with Crippen molar-refractivity contribution in [3.05, 3.63) is 29.8 Å². The maximum absolute atomic E-state index is 6.67. The molecule has 35 heavy (non-hydrogen) atoms. The van der Waals surface area contributed by atoms with Crippen LogP contribution in [0.1, 0.15) is 69.3 Å². The normalized spacial score (nSPS) is 38.3. The van der Waals surface area contributed by atoms with Gasteiger partial charge in [-0.2, -0.15) is 0 Å². The van der Waals surface area contributed by atoms with Crippen LogP contribution in [-0.2, 0) is 19.2 Å². The number of fused-ring (bicyclic) bond motifs is 3. The standard InChI is InChI=1S/C29H43NO5/c1-3-26(18-28(5-1)32-12-9-30-7-10-31-11-8-30)27-4-2-6-29(19-27)33-20-24-14-22-13-23(15-24)17-25(16-22)21-34-35-29/h1,3,5,18,22-25,27H,2,4,6-17,19-21H2/t22?,23?,24?,25?,27?,29-/m1/s1. The van der Waals surface area contributed by atoms with Gasteiger partial charge in [-0.15, -0.1) is 0 Å². The Bertz CT molecular complexity index is 815. The van der Waals surface area contributed by atoms with Crippen molar-refractivity contribution in [2.75, 3.05) is 52.7 Å². The molecule has 3 unspecified atom stereocenters. The minimum Gasteiger partial charge on any atom is -0.492 e. The predicted molar refractivity (Wildman–Crippen MR) is 133 cm³/mol. The minimum atomic E-state index is -0.613. The number of morpholine rings is 1. The Labute approximate surface area is 210 Å². The quantitative estimate of drug-likeness (QED) is 0.536. The SMILES string of the molecule is c1cc(OCCN2CCOCC2)cc(C2CCC[C@@]3(C2)OCC2CC4CC(COO3)CC(C2)C4)c1. The molecule has 1 aromatic carbocycles. The third kappa shape index (κ3) is 6.04. The number of benzene rings is 1. The zero-order chi connectivity index (χ0) is 23.5. The molecule has 4 bridgehead atoms. The number of ether oxygens (including phenoxy) is 3. The van der Waals surface area contributed by atoms with Crippen LogP contribution < -0.4 is 4.74 Å². The fraction of sp³-hybridized carbons (Fsp3) is 0.793. The molecule has 0 radical (unpaired) electrons. The lowest BCUT2D eigenvalue weighted by atomic mass is 9.65. The molecule has 7 rings (SSSR count). The lowest BCUT2D eigenvalue weighted by molar-refractivity contribution is -0.440. The number of hydrogen-bond acceptors (Lipinski definition) is 6. The number of hydrogen-bond donors (Lipinski definition) is 0. The second kappa shape index (κ2) is 11.1. The molecule has 4 atom stereocenters. The van der Waals surface area contributed by atoms with E-state index in [2.05, 4.69) is 29.2 Å². The summed E-state index contributed by atoms with van der Waals surface area (Å²) in [4.78, 5) is 14.6. The molecule has 3 saturated carbocycles. The first-order chi connectivity index (χ1) is 17.2. The van der Waals surface area contributed by atoms with Crippen molar-refractivity contribution in [3.63, 3.8) is 0 Å². The zero-order valence-electron chi connectivity index (χ0n) is 21.2. The van der Waals surface area contributed by atoms with Gasteiger partial charge in [0.15, 0.2) is 0 Å². The Balaban J connectivity index is 1.09. The highest BCUT2D eigenvalue weighted by molar-refractivity contribution is 5.31. The van der Waals surface area contributed by atoms with Crippen molar-refractivity contribution < 1.29 is 24.0 Å². The monoisotopic (exact) mass is 485 g/mol. The molecular weight excluding hydrogens is 442 g/mol. The van der Waals surface area contributed by atoms with E-state index in [0.717, 1.165) is 89.3 Å². The first-order valence-electron chi connectivity index (χ1n) is 14.2. The molecule has 1 aromatic rings. The van der Waals surface area contributed by atoms with E-state index < -0.39 is 5.79 Å². The van der Waals surface area contributed by atoms with Crippen LogP contribution in [0.3, 0.4) is 0 Å². The smallest absolute Gasteiger partial charge is 0.202 e. The van der Waals surface area contributed by atoms with Gasteiger partial charge < -0.3 is 14.2 Å². The highest BCUT2D eigenvalue weighted by Crippen LogP contribution is 2.48. The zero-order valence-corrected chi connectivity index (χ0v) is 21.2. The molecule has 0 amide bonds. The predicted octanol–water partition coefficient (Wildman–Crippen LogP) is 5.17. The molecule has 194 valence electrons. The molecule has 1 spiro atoms. The maximum Gasteiger partial charge on any atom is 0.202 e. The van der Waals surface area contributed by atoms with Crippen molar-refractivity contribution in [2.45, 2.75) is 69.5 Å². The summed E-state index contributed by atoms with van der Waals surface area (Å²) >= 11 is 0. The topological polar surface area (TPSA) is 49.4 Å². The van der Waals surface area contributed by atoms with E-state index in [4.69, 9.17) is 24.0 Å². The summed E-state index contributed by atoms with van der Waals surface area (Å²) in [6.45, 7) is 6.85. The van der Waals surface area contributed by atoms with Gasteiger partial charge in [-0.1, -0.05) is 12.1 Å². The van der Waals surface area contributed by atoms with E-state index >= 15 is 0 Å². The Morgan fingerprint density at radius 2 is 1.71 bits per heavy atom.